The topological polar surface area (TPSA) is 79.3 Å². The Balaban J connectivity index is 1.94. The fourth-order valence-corrected chi connectivity index (χ4v) is 2.20. The molecule has 0 fully saturated rings. The van der Waals surface area contributed by atoms with E-state index in [4.69, 9.17) is 5.11 Å². The minimum Gasteiger partial charge on any atom is -0.481 e. The number of carbonyl (C=O) groups is 2. The Hall–Kier alpha value is -2.50. The van der Waals surface area contributed by atoms with E-state index >= 15 is 0 Å². The van der Waals surface area contributed by atoms with E-state index in [1.807, 2.05) is 0 Å². The predicted octanol–water partition coefficient (Wildman–Crippen LogP) is 2.75. The van der Waals surface area contributed by atoms with Crippen molar-refractivity contribution in [2.75, 3.05) is 6.54 Å². The number of hydrogen-bond donors (Lipinski definition) is 2. The van der Waals surface area contributed by atoms with Crippen molar-refractivity contribution in [2.24, 2.45) is 0 Å². The summed E-state index contributed by atoms with van der Waals surface area (Å²) < 4.78 is 13.6. The average molecular weight is 304 g/mol. The fourth-order valence-electron chi connectivity index (χ4n) is 2.20. The SMILES string of the molecule is O=C(O)CCCCCNC(=O)c1cc(F)cc2cccnc12. The van der Waals surface area contributed by atoms with Crippen LogP contribution in [-0.2, 0) is 4.79 Å². The van der Waals surface area contributed by atoms with Crippen LogP contribution in [0.15, 0.2) is 30.5 Å². The molecule has 6 heteroatoms. The van der Waals surface area contributed by atoms with Crippen LogP contribution in [-0.4, -0.2) is 28.5 Å². The number of nitrogens with one attached hydrogen (secondary N) is 1. The van der Waals surface area contributed by atoms with E-state index in [9.17, 15) is 14.0 Å². The molecule has 0 spiro atoms. The quantitative estimate of drug-likeness (QED) is 0.771. The zero-order valence-corrected chi connectivity index (χ0v) is 12.0. The van der Waals surface area contributed by atoms with Crippen molar-refractivity contribution in [3.8, 4) is 0 Å². The number of hydrogen-bond acceptors (Lipinski definition) is 3. The highest BCUT2D eigenvalue weighted by Gasteiger charge is 2.12. The summed E-state index contributed by atoms with van der Waals surface area (Å²) in [5, 5.41) is 11.8. The summed E-state index contributed by atoms with van der Waals surface area (Å²) in [6, 6.07) is 5.90. The van der Waals surface area contributed by atoms with Gasteiger partial charge in [-0.1, -0.05) is 12.5 Å². The molecule has 0 saturated carbocycles. The second kappa shape index (κ2) is 7.49. The molecule has 2 rings (SSSR count). The van der Waals surface area contributed by atoms with Gasteiger partial charge in [0.2, 0.25) is 0 Å². The number of halogens is 1. The maximum absolute atomic E-state index is 13.6. The van der Waals surface area contributed by atoms with Gasteiger partial charge in [0, 0.05) is 24.5 Å². The van der Waals surface area contributed by atoms with E-state index in [0.717, 1.165) is 0 Å². The van der Waals surface area contributed by atoms with Gasteiger partial charge in [0.25, 0.3) is 5.91 Å². The van der Waals surface area contributed by atoms with E-state index in [-0.39, 0.29) is 17.9 Å². The van der Waals surface area contributed by atoms with Crippen LogP contribution in [0.2, 0.25) is 0 Å². The molecule has 1 aromatic carbocycles. The Morgan fingerprint density at radius 3 is 2.82 bits per heavy atom. The molecule has 116 valence electrons. The van der Waals surface area contributed by atoms with Crippen LogP contribution in [0.3, 0.4) is 0 Å². The number of pyridine rings is 1. The van der Waals surface area contributed by atoms with Crippen LogP contribution >= 0.6 is 0 Å². The molecule has 0 bridgehead atoms. The molecule has 0 aliphatic carbocycles. The van der Waals surface area contributed by atoms with Gasteiger partial charge in [0.1, 0.15) is 5.82 Å². The van der Waals surface area contributed by atoms with Crippen LogP contribution < -0.4 is 5.32 Å². The smallest absolute Gasteiger partial charge is 0.303 e. The van der Waals surface area contributed by atoms with Crippen molar-refractivity contribution >= 4 is 22.8 Å². The molecule has 0 saturated heterocycles. The van der Waals surface area contributed by atoms with Crippen molar-refractivity contribution in [1.29, 1.82) is 0 Å². The molecule has 1 aromatic heterocycles. The summed E-state index contributed by atoms with van der Waals surface area (Å²) in [6.45, 7) is 0.420. The third kappa shape index (κ3) is 4.25. The van der Waals surface area contributed by atoms with Gasteiger partial charge in [-0.2, -0.15) is 0 Å². The molecule has 1 amide bonds. The Morgan fingerprint density at radius 2 is 2.05 bits per heavy atom. The molecule has 5 nitrogen and oxygen atoms in total. The van der Waals surface area contributed by atoms with Crippen molar-refractivity contribution in [1.82, 2.24) is 10.3 Å². The Morgan fingerprint density at radius 1 is 1.23 bits per heavy atom. The Bertz CT molecular complexity index is 688. The van der Waals surface area contributed by atoms with E-state index < -0.39 is 11.8 Å². The first-order chi connectivity index (χ1) is 10.6. The summed E-state index contributed by atoms with van der Waals surface area (Å²) in [5.74, 6) is -1.67. The molecule has 0 unspecified atom stereocenters. The highest BCUT2D eigenvalue weighted by molar-refractivity contribution is 6.05. The lowest BCUT2D eigenvalue weighted by molar-refractivity contribution is -0.137. The standard InChI is InChI=1S/C16H17FN2O3/c17-12-9-11-5-4-8-18-15(11)13(10-12)16(22)19-7-3-1-2-6-14(20)21/h4-5,8-10H,1-3,6-7H2,(H,19,22)(H,20,21). The number of carboxylic acid groups (broad SMARTS) is 1. The van der Waals surface area contributed by atoms with Gasteiger partial charge in [-0.05, 0) is 31.0 Å². The van der Waals surface area contributed by atoms with Gasteiger partial charge in [0.15, 0.2) is 0 Å². The lowest BCUT2D eigenvalue weighted by Crippen LogP contribution is -2.25. The number of nitrogens with zero attached hydrogens (tertiary/aromatic N) is 1. The summed E-state index contributed by atoms with van der Waals surface area (Å²) in [5.41, 5.74) is 0.674. The largest absolute Gasteiger partial charge is 0.481 e. The first-order valence-electron chi connectivity index (χ1n) is 7.12. The maximum atomic E-state index is 13.6. The van der Waals surface area contributed by atoms with Crippen LogP contribution in [0.1, 0.15) is 36.0 Å². The number of rotatable bonds is 7. The van der Waals surface area contributed by atoms with E-state index in [2.05, 4.69) is 10.3 Å². The Kier molecular flexibility index (Phi) is 5.41. The van der Waals surface area contributed by atoms with E-state index in [1.165, 1.54) is 12.1 Å². The number of unbranched alkanes of at least 4 members (excludes halogenated alkanes) is 2. The molecule has 1 heterocycles. The minimum atomic E-state index is -0.818. The summed E-state index contributed by atoms with van der Waals surface area (Å²) >= 11 is 0. The second-order valence-corrected chi connectivity index (χ2v) is 4.99. The first-order valence-corrected chi connectivity index (χ1v) is 7.12. The third-order valence-electron chi connectivity index (χ3n) is 3.27. The average Bonchev–Trinajstić information content (AvgIpc) is 2.49. The number of aliphatic carboxylic acids is 1. The minimum absolute atomic E-state index is 0.131. The number of benzene rings is 1. The van der Waals surface area contributed by atoms with Crippen LogP contribution in [0.25, 0.3) is 10.9 Å². The summed E-state index contributed by atoms with van der Waals surface area (Å²) in [4.78, 5) is 26.6. The molecule has 2 N–H and O–H groups in total. The van der Waals surface area contributed by atoms with Crippen LogP contribution in [0.4, 0.5) is 4.39 Å². The monoisotopic (exact) mass is 304 g/mol. The number of carboxylic acids is 1. The summed E-state index contributed by atoms with van der Waals surface area (Å²) in [6.07, 6.45) is 3.67. The fraction of sp³-hybridized carbons (Fsp3) is 0.312. The molecule has 0 radical (unpaired) electrons. The maximum Gasteiger partial charge on any atom is 0.303 e. The molecule has 2 aromatic rings. The van der Waals surface area contributed by atoms with Crippen molar-refractivity contribution in [3.05, 3.63) is 41.8 Å². The lowest BCUT2D eigenvalue weighted by Gasteiger charge is -2.07. The van der Waals surface area contributed by atoms with Crippen molar-refractivity contribution < 1.29 is 19.1 Å². The van der Waals surface area contributed by atoms with Crippen molar-refractivity contribution in [3.63, 3.8) is 0 Å². The van der Waals surface area contributed by atoms with Gasteiger partial charge in [0.05, 0.1) is 11.1 Å². The van der Waals surface area contributed by atoms with E-state index in [0.29, 0.717) is 36.7 Å². The molecule has 0 aliphatic heterocycles. The zero-order valence-electron chi connectivity index (χ0n) is 12.0. The van der Waals surface area contributed by atoms with Gasteiger partial charge >= 0.3 is 5.97 Å². The summed E-state index contributed by atoms with van der Waals surface area (Å²) in [7, 11) is 0. The van der Waals surface area contributed by atoms with Gasteiger partial charge in [-0.25, -0.2) is 4.39 Å². The number of aromatic nitrogens is 1. The zero-order chi connectivity index (χ0) is 15.9. The molecule has 22 heavy (non-hydrogen) atoms. The molecule has 0 atom stereocenters. The molecule has 0 aliphatic rings. The number of amides is 1. The second-order valence-electron chi connectivity index (χ2n) is 4.99. The first kappa shape index (κ1) is 15.9. The van der Waals surface area contributed by atoms with E-state index in [1.54, 1.807) is 18.3 Å². The normalized spacial score (nSPS) is 10.6. The van der Waals surface area contributed by atoms with Crippen molar-refractivity contribution in [2.45, 2.75) is 25.7 Å². The van der Waals surface area contributed by atoms with Gasteiger partial charge in [-0.3, -0.25) is 14.6 Å². The number of fused-ring (bicyclic) bond motifs is 1. The Labute approximate surface area is 127 Å². The molecular formula is C16H17FN2O3. The van der Waals surface area contributed by atoms with Gasteiger partial charge in [-0.15, -0.1) is 0 Å². The highest BCUT2D eigenvalue weighted by atomic mass is 19.1. The van der Waals surface area contributed by atoms with Crippen LogP contribution in [0.5, 0.6) is 0 Å². The van der Waals surface area contributed by atoms with Gasteiger partial charge < -0.3 is 10.4 Å². The van der Waals surface area contributed by atoms with Crippen LogP contribution in [0, 0.1) is 5.82 Å². The molecular weight excluding hydrogens is 287 g/mol. The lowest BCUT2D eigenvalue weighted by atomic mass is 10.1. The third-order valence-corrected chi connectivity index (χ3v) is 3.27. The highest BCUT2D eigenvalue weighted by Crippen LogP contribution is 2.18. The predicted molar refractivity (Wildman–Crippen MR) is 80.1 cm³/mol. The number of carbonyl (C=O) groups excluding carboxylic acids is 1.